The Bertz CT molecular complexity index is 700. The first kappa shape index (κ1) is 17.3. The summed E-state index contributed by atoms with van der Waals surface area (Å²) in [5, 5.41) is 9.80. The monoisotopic (exact) mass is 342 g/mol. The number of fused-ring (bicyclic) bond motifs is 1. The molecule has 0 aromatic heterocycles. The highest BCUT2D eigenvalue weighted by atomic mass is 16.7. The van der Waals surface area contributed by atoms with Crippen molar-refractivity contribution < 1.29 is 19.2 Å². The Balaban J connectivity index is 1.61. The van der Waals surface area contributed by atoms with E-state index in [1.807, 2.05) is 39.8 Å². The normalized spacial score (nSPS) is 33.1. The van der Waals surface area contributed by atoms with Crippen LogP contribution in [0, 0.1) is 5.41 Å². The van der Waals surface area contributed by atoms with Crippen molar-refractivity contribution >= 4 is 18.4 Å². The molecular formula is C20H27BO4. The largest absolute Gasteiger partial charge is 0.494 e. The van der Waals surface area contributed by atoms with Gasteiger partial charge in [-0.05, 0) is 70.8 Å². The Morgan fingerprint density at radius 2 is 1.68 bits per heavy atom. The molecule has 5 heteroatoms. The zero-order valence-corrected chi connectivity index (χ0v) is 15.6. The third kappa shape index (κ3) is 2.59. The minimum atomic E-state index is -0.437. The SMILES string of the molecule is CC1(C)OB(c2ccc3c(c2)C(=O)C2(CCC(O)CC2)C3)OC1(C)C. The average Bonchev–Trinajstić information content (AvgIpc) is 2.93. The summed E-state index contributed by atoms with van der Waals surface area (Å²) in [5.41, 5.74) is 1.79. The van der Waals surface area contributed by atoms with Crippen LogP contribution in [-0.4, -0.2) is 35.3 Å². The van der Waals surface area contributed by atoms with E-state index in [4.69, 9.17) is 9.31 Å². The van der Waals surface area contributed by atoms with Crippen LogP contribution in [0.4, 0.5) is 0 Å². The molecule has 1 saturated heterocycles. The van der Waals surface area contributed by atoms with Crippen LogP contribution in [0.5, 0.6) is 0 Å². The van der Waals surface area contributed by atoms with Crippen molar-refractivity contribution in [2.75, 3.05) is 0 Å². The van der Waals surface area contributed by atoms with Gasteiger partial charge in [0.05, 0.1) is 17.3 Å². The third-order valence-corrected chi connectivity index (χ3v) is 6.83. The summed E-state index contributed by atoms with van der Waals surface area (Å²) in [5.74, 6) is 0.243. The van der Waals surface area contributed by atoms with E-state index in [1.54, 1.807) is 0 Å². The van der Waals surface area contributed by atoms with E-state index in [0.717, 1.165) is 48.7 Å². The van der Waals surface area contributed by atoms with E-state index in [1.165, 1.54) is 0 Å². The van der Waals surface area contributed by atoms with Crippen molar-refractivity contribution in [1.82, 2.24) is 0 Å². The molecule has 4 rings (SSSR count). The Morgan fingerprint density at radius 1 is 1.08 bits per heavy atom. The van der Waals surface area contributed by atoms with Crippen molar-refractivity contribution in [2.24, 2.45) is 5.41 Å². The molecule has 4 nitrogen and oxygen atoms in total. The number of rotatable bonds is 1. The van der Waals surface area contributed by atoms with Crippen molar-refractivity contribution in [1.29, 1.82) is 0 Å². The van der Waals surface area contributed by atoms with Gasteiger partial charge in [0.1, 0.15) is 0 Å². The fourth-order valence-corrected chi connectivity index (χ4v) is 4.37. The minimum Gasteiger partial charge on any atom is -0.399 e. The first-order valence-corrected chi connectivity index (χ1v) is 9.35. The fraction of sp³-hybridized carbons (Fsp3) is 0.650. The highest BCUT2D eigenvalue weighted by Gasteiger charge is 2.52. The van der Waals surface area contributed by atoms with Gasteiger partial charge in [-0.3, -0.25) is 4.79 Å². The molecule has 0 amide bonds. The van der Waals surface area contributed by atoms with E-state index >= 15 is 0 Å². The third-order valence-electron chi connectivity index (χ3n) is 6.83. The van der Waals surface area contributed by atoms with E-state index in [0.29, 0.717) is 0 Å². The topological polar surface area (TPSA) is 55.8 Å². The molecule has 0 bridgehead atoms. The number of benzene rings is 1. The van der Waals surface area contributed by atoms with Gasteiger partial charge in [0.25, 0.3) is 0 Å². The van der Waals surface area contributed by atoms with Crippen LogP contribution >= 0.6 is 0 Å². The molecule has 1 aromatic rings. The molecule has 0 unspecified atom stereocenters. The van der Waals surface area contributed by atoms with E-state index in [2.05, 4.69) is 6.07 Å². The van der Waals surface area contributed by atoms with Gasteiger partial charge >= 0.3 is 7.12 Å². The summed E-state index contributed by atoms with van der Waals surface area (Å²) in [7, 11) is -0.437. The number of ketones is 1. The van der Waals surface area contributed by atoms with Crippen molar-refractivity contribution in [3.05, 3.63) is 29.3 Å². The lowest BCUT2D eigenvalue weighted by Gasteiger charge is -2.33. The smallest absolute Gasteiger partial charge is 0.399 e. The molecular weight excluding hydrogens is 315 g/mol. The second-order valence-electron chi connectivity index (χ2n) is 9.02. The quantitative estimate of drug-likeness (QED) is 0.798. The summed E-state index contributed by atoms with van der Waals surface area (Å²) >= 11 is 0. The molecule has 25 heavy (non-hydrogen) atoms. The molecule has 0 radical (unpaired) electrons. The van der Waals surface area contributed by atoms with E-state index in [-0.39, 0.29) is 28.5 Å². The van der Waals surface area contributed by atoms with Gasteiger partial charge in [-0.15, -0.1) is 0 Å². The van der Waals surface area contributed by atoms with Gasteiger partial charge in [-0.2, -0.15) is 0 Å². The van der Waals surface area contributed by atoms with Crippen LogP contribution in [-0.2, 0) is 15.7 Å². The summed E-state index contributed by atoms with van der Waals surface area (Å²) in [6.45, 7) is 8.14. The highest BCUT2D eigenvalue weighted by molar-refractivity contribution is 6.62. The number of Topliss-reactive ketones (excluding diaryl/α,β-unsaturated/α-hetero) is 1. The molecule has 1 aromatic carbocycles. The highest BCUT2D eigenvalue weighted by Crippen LogP contribution is 2.47. The maximum Gasteiger partial charge on any atom is 0.494 e. The number of aliphatic hydroxyl groups is 1. The summed E-state index contributed by atoms with van der Waals surface area (Å²) in [6, 6.07) is 6.07. The van der Waals surface area contributed by atoms with E-state index < -0.39 is 7.12 Å². The zero-order chi connectivity index (χ0) is 18.0. The Labute approximate surface area is 150 Å². The summed E-state index contributed by atoms with van der Waals surface area (Å²) in [4.78, 5) is 13.1. The second kappa shape index (κ2) is 5.42. The van der Waals surface area contributed by atoms with Gasteiger partial charge in [-0.25, -0.2) is 0 Å². The second-order valence-corrected chi connectivity index (χ2v) is 9.02. The molecule has 3 aliphatic rings. The van der Waals surface area contributed by atoms with Crippen molar-refractivity contribution in [3.8, 4) is 0 Å². The average molecular weight is 342 g/mol. The number of aliphatic hydroxyl groups excluding tert-OH is 1. The predicted octanol–water partition coefficient (Wildman–Crippen LogP) is 2.65. The lowest BCUT2D eigenvalue weighted by molar-refractivity contribution is 0.00578. The number of hydrogen-bond acceptors (Lipinski definition) is 4. The minimum absolute atomic E-state index is 0.243. The van der Waals surface area contributed by atoms with Crippen molar-refractivity contribution in [3.63, 3.8) is 0 Å². The first-order valence-electron chi connectivity index (χ1n) is 9.35. The van der Waals surface area contributed by atoms with Crippen LogP contribution in [0.15, 0.2) is 18.2 Å². The molecule has 134 valence electrons. The van der Waals surface area contributed by atoms with Gasteiger partial charge in [0.2, 0.25) is 0 Å². The molecule has 2 fully saturated rings. The van der Waals surface area contributed by atoms with Gasteiger partial charge in [0.15, 0.2) is 5.78 Å². The number of carbonyl (C=O) groups is 1. The molecule has 2 aliphatic carbocycles. The van der Waals surface area contributed by atoms with Crippen LogP contribution in [0.3, 0.4) is 0 Å². The Morgan fingerprint density at radius 3 is 2.28 bits per heavy atom. The molecule has 1 N–H and O–H groups in total. The van der Waals surface area contributed by atoms with Crippen molar-refractivity contribution in [2.45, 2.75) is 77.1 Å². The van der Waals surface area contributed by atoms with Crippen LogP contribution < -0.4 is 5.46 Å². The van der Waals surface area contributed by atoms with Gasteiger partial charge < -0.3 is 14.4 Å². The first-order chi connectivity index (χ1) is 11.6. The lowest BCUT2D eigenvalue weighted by Crippen LogP contribution is -2.41. The number of carbonyl (C=O) groups excluding carboxylic acids is 1. The van der Waals surface area contributed by atoms with Crippen LogP contribution in [0.1, 0.15) is 69.3 Å². The standard InChI is InChI=1S/C20H27BO4/c1-18(2)19(3,4)25-21(24-18)14-6-5-13-12-20(17(23)16(13)11-14)9-7-15(22)8-10-20/h5-6,11,15,22H,7-10,12H2,1-4H3. The Hall–Kier alpha value is -1.17. The predicted molar refractivity (Wildman–Crippen MR) is 97.1 cm³/mol. The molecule has 1 aliphatic heterocycles. The molecule has 1 saturated carbocycles. The summed E-state index contributed by atoms with van der Waals surface area (Å²) < 4.78 is 12.3. The van der Waals surface area contributed by atoms with Gasteiger partial charge in [-0.1, -0.05) is 18.2 Å². The maximum absolute atomic E-state index is 13.1. The number of hydrogen-bond donors (Lipinski definition) is 1. The van der Waals surface area contributed by atoms with Crippen LogP contribution in [0.25, 0.3) is 0 Å². The molecule has 0 atom stereocenters. The van der Waals surface area contributed by atoms with Gasteiger partial charge in [0, 0.05) is 11.0 Å². The maximum atomic E-state index is 13.1. The molecule has 1 heterocycles. The lowest BCUT2D eigenvalue weighted by atomic mass is 9.70. The van der Waals surface area contributed by atoms with Crippen LogP contribution in [0.2, 0.25) is 0 Å². The molecule has 1 spiro atoms. The Kier molecular flexibility index (Phi) is 3.74. The van der Waals surface area contributed by atoms with E-state index in [9.17, 15) is 9.90 Å². The summed E-state index contributed by atoms with van der Waals surface area (Å²) in [6.07, 6.45) is 3.58. The fourth-order valence-electron chi connectivity index (χ4n) is 4.37. The zero-order valence-electron chi connectivity index (χ0n) is 15.6.